The minimum absolute atomic E-state index is 0. The Morgan fingerprint density at radius 1 is 1.45 bits per heavy atom. The Balaban J connectivity index is -0.000000405. The van der Waals surface area contributed by atoms with Crippen LogP contribution in [-0.4, -0.2) is 44.3 Å². The monoisotopic (exact) mass is 191 g/mol. The van der Waals surface area contributed by atoms with Gasteiger partial charge in [-0.25, -0.2) is 0 Å². The molecule has 0 aliphatic heterocycles. The van der Waals surface area contributed by atoms with Gasteiger partial charge in [-0.1, -0.05) is 0 Å². The maximum absolute atomic E-state index is 10.1. The van der Waals surface area contributed by atoms with Crippen LogP contribution in [0.4, 0.5) is 0 Å². The first-order valence-electron chi connectivity index (χ1n) is 3.02. The van der Waals surface area contributed by atoms with Crippen LogP contribution in [-0.2, 0) is 10.1 Å². The Hall–Kier alpha value is 0.870. The smallest absolute Gasteiger partial charge is 1.00 e. The molecule has 0 rings (SSSR count). The molecule has 0 spiro atoms. The molecule has 11 heavy (non-hydrogen) atoms. The normalized spacial score (nSPS) is 11.3. The first kappa shape index (κ1) is 14.4. The summed E-state index contributed by atoms with van der Waals surface area (Å²) in [6.07, 6.45) is 0.478. The van der Waals surface area contributed by atoms with E-state index in [1.807, 2.05) is 19.0 Å². The van der Waals surface area contributed by atoms with Gasteiger partial charge >= 0.3 is 29.6 Å². The second-order valence-electron chi connectivity index (χ2n) is 2.44. The van der Waals surface area contributed by atoms with Crippen LogP contribution >= 0.6 is 0 Å². The average molecular weight is 191 g/mol. The van der Waals surface area contributed by atoms with Gasteiger partial charge in [-0.2, -0.15) is 8.42 Å². The van der Waals surface area contributed by atoms with Gasteiger partial charge in [0.2, 0.25) is 0 Å². The molecular formula is C5H14NNaO3S. The zero-order chi connectivity index (χ0) is 8.20. The fourth-order valence-corrected chi connectivity index (χ4v) is 1.06. The molecule has 0 atom stereocenters. The molecule has 1 N–H and O–H groups in total. The Morgan fingerprint density at radius 2 is 1.91 bits per heavy atom. The molecule has 0 heterocycles. The molecule has 0 radical (unpaired) electrons. The zero-order valence-corrected chi connectivity index (χ0v) is 10.1. The Kier molecular flexibility index (Phi) is 8.37. The van der Waals surface area contributed by atoms with Gasteiger partial charge in [0.05, 0.1) is 5.75 Å². The molecule has 0 saturated carbocycles. The van der Waals surface area contributed by atoms with Crippen LogP contribution in [0.2, 0.25) is 0 Å². The topological polar surface area (TPSA) is 57.6 Å². The summed E-state index contributed by atoms with van der Waals surface area (Å²) in [5.74, 6) is -0.148. The third-order valence-corrected chi connectivity index (χ3v) is 1.81. The maximum Gasteiger partial charge on any atom is 1.00 e. The van der Waals surface area contributed by atoms with Crippen molar-refractivity contribution in [2.24, 2.45) is 0 Å². The molecule has 0 amide bonds. The molecule has 0 aromatic rings. The number of hydrogen-bond acceptors (Lipinski definition) is 3. The standard InChI is InChI=1S/C5H13NO3S.Na.H/c1-6(2)4-3-5-10(7,8)9;;/h3-5H2,1-2H3,(H,7,8,9);;/q;+1;-1. The van der Waals surface area contributed by atoms with E-state index >= 15 is 0 Å². The zero-order valence-electron chi connectivity index (χ0n) is 8.24. The van der Waals surface area contributed by atoms with Crippen LogP contribution in [0, 0.1) is 0 Å². The predicted molar refractivity (Wildman–Crippen MR) is 40.7 cm³/mol. The largest absolute Gasteiger partial charge is 1.00 e. The summed E-state index contributed by atoms with van der Waals surface area (Å²) in [5.41, 5.74) is 0. The number of rotatable bonds is 4. The quantitative estimate of drug-likeness (QED) is 0.379. The summed E-state index contributed by atoms with van der Waals surface area (Å²) in [6, 6.07) is 0. The molecule has 6 heteroatoms. The van der Waals surface area contributed by atoms with Crippen LogP contribution in [0.25, 0.3) is 0 Å². The minimum atomic E-state index is -3.75. The number of nitrogens with zero attached hydrogens (tertiary/aromatic N) is 1. The summed E-state index contributed by atoms with van der Waals surface area (Å²) < 4.78 is 28.6. The Labute approximate surface area is 91.5 Å². The third kappa shape index (κ3) is 13.8. The molecule has 0 unspecified atom stereocenters. The molecule has 0 aliphatic carbocycles. The van der Waals surface area contributed by atoms with Gasteiger partial charge in [-0.05, 0) is 27.1 Å². The molecule has 0 aromatic carbocycles. The van der Waals surface area contributed by atoms with Crippen molar-refractivity contribution in [3.8, 4) is 0 Å². The summed E-state index contributed by atoms with van der Waals surface area (Å²) >= 11 is 0. The van der Waals surface area contributed by atoms with Gasteiger partial charge in [0.1, 0.15) is 0 Å². The van der Waals surface area contributed by atoms with E-state index in [2.05, 4.69) is 0 Å². The van der Waals surface area contributed by atoms with E-state index in [9.17, 15) is 8.42 Å². The van der Waals surface area contributed by atoms with Crippen LogP contribution in [0.1, 0.15) is 7.85 Å². The van der Waals surface area contributed by atoms with Gasteiger partial charge in [0.25, 0.3) is 10.1 Å². The molecule has 64 valence electrons. The average Bonchev–Trinajstić information content (AvgIpc) is 1.59. The van der Waals surface area contributed by atoms with E-state index in [-0.39, 0.29) is 36.7 Å². The van der Waals surface area contributed by atoms with Gasteiger partial charge in [0.15, 0.2) is 0 Å². The van der Waals surface area contributed by atoms with Gasteiger partial charge in [-0.15, -0.1) is 0 Å². The molecule has 0 bridgehead atoms. The summed E-state index contributed by atoms with van der Waals surface area (Å²) in [6.45, 7) is 0.680. The van der Waals surface area contributed by atoms with Crippen LogP contribution in [0.3, 0.4) is 0 Å². The first-order valence-corrected chi connectivity index (χ1v) is 4.62. The molecule has 0 fully saturated rings. The van der Waals surface area contributed by atoms with Gasteiger partial charge < -0.3 is 6.33 Å². The summed E-state index contributed by atoms with van der Waals surface area (Å²) in [7, 11) is -0.0441. The SMILES string of the molecule is CN(C)CCCS(=O)(=O)O.[H-].[Na+]. The van der Waals surface area contributed by atoms with Crippen molar-refractivity contribution < 1.29 is 44.0 Å². The molecule has 0 aromatic heterocycles. The Bertz CT molecular complexity index is 183. The van der Waals surface area contributed by atoms with Crippen molar-refractivity contribution in [2.45, 2.75) is 6.42 Å². The van der Waals surface area contributed by atoms with E-state index < -0.39 is 10.1 Å². The van der Waals surface area contributed by atoms with Gasteiger partial charge in [0, 0.05) is 0 Å². The van der Waals surface area contributed by atoms with Crippen molar-refractivity contribution >= 4 is 10.1 Å². The fraction of sp³-hybridized carbons (Fsp3) is 1.00. The minimum Gasteiger partial charge on any atom is -1.00 e. The van der Waals surface area contributed by atoms with Crippen molar-refractivity contribution in [1.29, 1.82) is 0 Å². The Morgan fingerprint density at radius 3 is 2.18 bits per heavy atom. The molecule has 0 saturated heterocycles. The first-order chi connectivity index (χ1) is 4.42. The maximum atomic E-state index is 10.1. The van der Waals surface area contributed by atoms with Crippen molar-refractivity contribution in [3.05, 3.63) is 0 Å². The molecule has 0 aliphatic rings. The molecular weight excluding hydrogens is 177 g/mol. The van der Waals surface area contributed by atoms with Crippen LogP contribution in [0.15, 0.2) is 0 Å². The van der Waals surface area contributed by atoms with Crippen LogP contribution < -0.4 is 29.6 Å². The van der Waals surface area contributed by atoms with E-state index in [1.54, 1.807) is 0 Å². The molecule has 4 nitrogen and oxygen atoms in total. The third-order valence-electron chi connectivity index (χ3n) is 1.01. The summed E-state index contributed by atoms with van der Waals surface area (Å²) in [5, 5.41) is 0. The predicted octanol–water partition coefficient (Wildman–Crippen LogP) is -3.06. The van der Waals surface area contributed by atoms with Crippen molar-refractivity contribution in [3.63, 3.8) is 0 Å². The van der Waals surface area contributed by atoms with Gasteiger partial charge in [-0.3, -0.25) is 4.55 Å². The fourth-order valence-electron chi connectivity index (χ4n) is 0.563. The second kappa shape index (κ2) is 6.39. The van der Waals surface area contributed by atoms with E-state index in [0.29, 0.717) is 13.0 Å². The van der Waals surface area contributed by atoms with E-state index in [4.69, 9.17) is 4.55 Å². The number of hydrogen-bond donors (Lipinski definition) is 1. The van der Waals surface area contributed by atoms with Crippen LogP contribution in [0.5, 0.6) is 0 Å². The van der Waals surface area contributed by atoms with Crippen molar-refractivity contribution in [1.82, 2.24) is 4.90 Å². The summed E-state index contributed by atoms with van der Waals surface area (Å²) in [4.78, 5) is 1.87. The van der Waals surface area contributed by atoms with E-state index in [1.165, 1.54) is 0 Å². The van der Waals surface area contributed by atoms with E-state index in [0.717, 1.165) is 0 Å². The second-order valence-corrected chi connectivity index (χ2v) is 4.01. The van der Waals surface area contributed by atoms with Crippen molar-refractivity contribution in [2.75, 3.05) is 26.4 Å².